The van der Waals surface area contributed by atoms with Crippen LogP contribution in [0.2, 0.25) is 0 Å². The lowest BCUT2D eigenvalue weighted by molar-refractivity contribution is 0.181. The van der Waals surface area contributed by atoms with Gasteiger partial charge in [-0.15, -0.1) is 0 Å². The third-order valence-corrected chi connectivity index (χ3v) is 4.63. The topological polar surface area (TPSA) is 30.9 Å². The summed E-state index contributed by atoms with van der Waals surface area (Å²) in [6.45, 7) is 12.7. The third-order valence-electron chi connectivity index (χ3n) is 4.63. The van der Waals surface area contributed by atoms with Crippen LogP contribution in [-0.2, 0) is 0 Å². The Kier molecular flexibility index (Phi) is 7.34. The molecule has 0 radical (unpaired) electrons. The fraction of sp³-hybridized carbons (Fsp3) is 0.941. The van der Waals surface area contributed by atoms with Gasteiger partial charge in [0.15, 0.2) is 5.96 Å². The van der Waals surface area contributed by atoms with E-state index in [0.29, 0.717) is 0 Å². The zero-order valence-corrected chi connectivity index (χ0v) is 14.1. The van der Waals surface area contributed by atoms with E-state index >= 15 is 0 Å². The van der Waals surface area contributed by atoms with E-state index in [9.17, 15) is 0 Å². The molecule has 2 aliphatic heterocycles. The average molecular weight is 294 g/mol. The summed E-state index contributed by atoms with van der Waals surface area (Å²) >= 11 is 0. The summed E-state index contributed by atoms with van der Waals surface area (Å²) in [6.07, 6.45) is 7.94. The van der Waals surface area contributed by atoms with Gasteiger partial charge in [-0.25, -0.2) is 0 Å². The van der Waals surface area contributed by atoms with Gasteiger partial charge in [-0.2, -0.15) is 0 Å². The Morgan fingerprint density at radius 1 is 1.14 bits per heavy atom. The van der Waals surface area contributed by atoms with E-state index in [0.717, 1.165) is 25.0 Å². The number of nitrogens with one attached hydrogen (secondary N) is 1. The molecular weight excluding hydrogens is 260 g/mol. The van der Waals surface area contributed by atoms with Crippen LogP contribution in [0.4, 0.5) is 0 Å². The van der Waals surface area contributed by atoms with E-state index in [1.54, 1.807) is 0 Å². The van der Waals surface area contributed by atoms with E-state index < -0.39 is 0 Å². The number of unbranched alkanes of at least 4 members (excludes halogenated alkanes) is 1. The molecule has 2 aliphatic rings. The molecule has 1 atom stereocenters. The number of rotatable bonds is 6. The second-order valence-electron chi connectivity index (χ2n) is 6.68. The highest BCUT2D eigenvalue weighted by molar-refractivity contribution is 5.80. The van der Waals surface area contributed by atoms with Gasteiger partial charge in [0.1, 0.15) is 0 Å². The fourth-order valence-electron chi connectivity index (χ4n) is 3.48. The standard InChI is InChI=1S/C17H34N4/c1-3-18-17(21-13-6-7-14-21)19-10-4-5-11-20-12-8-9-16(2)15-20/h16H,3-15H2,1-2H3,(H,18,19). The number of piperidine rings is 1. The lowest BCUT2D eigenvalue weighted by Gasteiger charge is -2.30. The van der Waals surface area contributed by atoms with Gasteiger partial charge < -0.3 is 15.1 Å². The van der Waals surface area contributed by atoms with Crippen LogP contribution < -0.4 is 5.32 Å². The van der Waals surface area contributed by atoms with E-state index in [-0.39, 0.29) is 0 Å². The molecule has 2 saturated heterocycles. The summed E-state index contributed by atoms with van der Waals surface area (Å²) in [6, 6.07) is 0. The zero-order valence-electron chi connectivity index (χ0n) is 14.1. The molecule has 0 aromatic rings. The van der Waals surface area contributed by atoms with Gasteiger partial charge >= 0.3 is 0 Å². The lowest BCUT2D eigenvalue weighted by atomic mass is 10.0. The Hall–Kier alpha value is -0.770. The number of hydrogen-bond acceptors (Lipinski definition) is 2. The highest BCUT2D eigenvalue weighted by Gasteiger charge is 2.16. The maximum absolute atomic E-state index is 4.81. The molecule has 0 aromatic carbocycles. The first-order valence-electron chi connectivity index (χ1n) is 9.05. The van der Waals surface area contributed by atoms with Crippen molar-refractivity contribution in [1.29, 1.82) is 0 Å². The van der Waals surface area contributed by atoms with E-state index in [4.69, 9.17) is 4.99 Å². The van der Waals surface area contributed by atoms with E-state index in [1.165, 1.54) is 71.2 Å². The van der Waals surface area contributed by atoms with Crippen molar-refractivity contribution in [2.75, 3.05) is 45.8 Å². The SMILES string of the molecule is CCNC(=NCCCCN1CCCC(C)C1)N1CCCC1. The zero-order chi connectivity index (χ0) is 14.9. The molecule has 0 aliphatic carbocycles. The average Bonchev–Trinajstić information content (AvgIpc) is 3.00. The highest BCUT2D eigenvalue weighted by Crippen LogP contribution is 2.15. The van der Waals surface area contributed by atoms with Gasteiger partial charge in [0.2, 0.25) is 0 Å². The molecule has 4 heteroatoms. The van der Waals surface area contributed by atoms with Gasteiger partial charge in [0.25, 0.3) is 0 Å². The number of guanidine groups is 1. The van der Waals surface area contributed by atoms with Crippen LogP contribution in [0.25, 0.3) is 0 Å². The number of likely N-dealkylation sites (tertiary alicyclic amines) is 2. The van der Waals surface area contributed by atoms with Gasteiger partial charge in [0.05, 0.1) is 0 Å². The number of hydrogen-bond donors (Lipinski definition) is 1. The van der Waals surface area contributed by atoms with Gasteiger partial charge in [0, 0.05) is 32.7 Å². The smallest absolute Gasteiger partial charge is 0.193 e. The maximum atomic E-state index is 4.81. The van der Waals surface area contributed by atoms with Crippen molar-refractivity contribution < 1.29 is 0 Å². The highest BCUT2D eigenvalue weighted by atomic mass is 15.3. The summed E-state index contributed by atoms with van der Waals surface area (Å²) in [5.41, 5.74) is 0. The molecule has 0 amide bonds. The van der Waals surface area contributed by atoms with Crippen LogP contribution >= 0.6 is 0 Å². The molecule has 2 fully saturated rings. The van der Waals surface area contributed by atoms with Crippen molar-refractivity contribution in [3.63, 3.8) is 0 Å². The minimum Gasteiger partial charge on any atom is -0.357 e. The first kappa shape index (κ1) is 16.6. The van der Waals surface area contributed by atoms with Crippen LogP contribution in [0.1, 0.15) is 52.4 Å². The molecule has 0 saturated carbocycles. The van der Waals surface area contributed by atoms with Crippen molar-refractivity contribution in [3.8, 4) is 0 Å². The molecule has 21 heavy (non-hydrogen) atoms. The first-order valence-corrected chi connectivity index (χ1v) is 9.05. The molecular formula is C17H34N4. The van der Waals surface area contributed by atoms with Gasteiger partial charge in [-0.3, -0.25) is 4.99 Å². The monoisotopic (exact) mass is 294 g/mol. The van der Waals surface area contributed by atoms with Gasteiger partial charge in [-0.1, -0.05) is 6.92 Å². The Balaban J connectivity index is 1.63. The predicted octanol–water partition coefficient (Wildman–Crippen LogP) is 2.56. The quantitative estimate of drug-likeness (QED) is 0.464. The lowest BCUT2D eigenvalue weighted by Crippen LogP contribution is -2.39. The van der Waals surface area contributed by atoms with Crippen molar-refractivity contribution in [2.45, 2.75) is 52.4 Å². The maximum Gasteiger partial charge on any atom is 0.193 e. The normalized spacial score (nSPS) is 24.6. The minimum absolute atomic E-state index is 0.896. The Labute approximate surface area is 131 Å². The Morgan fingerprint density at radius 2 is 1.95 bits per heavy atom. The first-order chi connectivity index (χ1) is 10.3. The fourth-order valence-corrected chi connectivity index (χ4v) is 3.48. The molecule has 0 bridgehead atoms. The second-order valence-corrected chi connectivity index (χ2v) is 6.68. The van der Waals surface area contributed by atoms with Crippen molar-refractivity contribution in [1.82, 2.24) is 15.1 Å². The summed E-state index contributed by atoms with van der Waals surface area (Å²) in [5, 5.41) is 3.44. The van der Waals surface area contributed by atoms with Gasteiger partial charge in [-0.05, 0) is 64.5 Å². The van der Waals surface area contributed by atoms with Crippen LogP contribution in [0, 0.1) is 5.92 Å². The van der Waals surface area contributed by atoms with Crippen LogP contribution in [0.5, 0.6) is 0 Å². The molecule has 2 heterocycles. The molecule has 4 nitrogen and oxygen atoms in total. The van der Waals surface area contributed by atoms with Crippen LogP contribution in [0.15, 0.2) is 4.99 Å². The van der Waals surface area contributed by atoms with E-state index in [2.05, 4.69) is 29.0 Å². The summed E-state index contributed by atoms with van der Waals surface area (Å²) in [5.74, 6) is 2.04. The van der Waals surface area contributed by atoms with Crippen LogP contribution in [-0.4, -0.2) is 61.6 Å². The van der Waals surface area contributed by atoms with Crippen molar-refractivity contribution >= 4 is 5.96 Å². The molecule has 1 unspecified atom stereocenters. The largest absolute Gasteiger partial charge is 0.357 e. The molecule has 2 rings (SSSR count). The van der Waals surface area contributed by atoms with E-state index in [1.807, 2.05) is 0 Å². The second kappa shape index (κ2) is 9.29. The summed E-state index contributed by atoms with van der Waals surface area (Å²) < 4.78 is 0. The minimum atomic E-state index is 0.896. The Bertz CT molecular complexity index is 310. The number of nitrogens with zero attached hydrogens (tertiary/aromatic N) is 3. The number of aliphatic imine (C=N–C) groups is 1. The Morgan fingerprint density at radius 3 is 2.67 bits per heavy atom. The molecule has 122 valence electrons. The predicted molar refractivity (Wildman–Crippen MR) is 90.9 cm³/mol. The molecule has 0 spiro atoms. The van der Waals surface area contributed by atoms with Crippen molar-refractivity contribution in [3.05, 3.63) is 0 Å². The van der Waals surface area contributed by atoms with Crippen LogP contribution in [0.3, 0.4) is 0 Å². The summed E-state index contributed by atoms with van der Waals surface area (Å²) in [7, 11) is 0. The molecule has 1 N–H and O–H groups in total. The third kappa shape index (κ3) is 5.85. The molecule has 0 aromatic heterocycles. The summed E-state index contributed by atoms with van der Waals surface area (Å²) in [4.78, 5) is 9.86. The van der Waals surface area contributed by atoms with Crippen molar-refractivity contribution in [2.24, 2.45) is 10.9 Å².